The number of nitrogens with one attached hydrogen (secondary N) is 1. The highest BCUT2D eigenvalue weighted by molar-refractivity contribution is 9.10. The van der Waals surface area contributed by atoms with Crippen LogP contribution in [0.5, 0.6) is 0 Å². The molecule has 8 heteroatoms. The third kappa shape index (κ3) is 7.05. The summed E-state index contributed by atoms with van der Waals surface area (Å²) in [5, 5.41) is 14.3. The van der Waals surface area contributed by atoms with Gasteiger partial charge in [0.1, 0.15) is 0 Å². The molecule has 0 bridgehead atoms. The van der Waals surface area contributed by atoms with Crippen molar-refractivity contribution >= 4 is 50.0 Å². The molecule has 0 atom stereocenters. The summed E-state index contributed by atoms with van der Waals surface area (Å²) in [5.74, 6) is -0.781. The summed E-state index contributed by atoms with van der Waals surface area (Å²) in [6, 6.07) is 24.0. The van der Waals surface area contributed by atoms with Gasteiger partial charge >= 0.3 is 5.97 Å². The molecule has 0 saturated heterocycles. The van der Waals surface area contributed by atoms with E-state index in [0.717, 1.165) is 32.1 Å². The molecule has 190 valence electrons. The van der Waals surface area contributed by atoms with Gasteiger partial charge in [-0.15, -0.1) is 11.3 Å². The SMILES string of the molecule is CC(C)c1ccc(N(Cc2ccc(C(=O)NCCC(=O)O)cc2)c2nc(-c3ccc(Br)cc3)cs2)cc1. The number of carboxylic acid groups (broad SMARTS) is 1. The summed E-state index contributed by atoms with van der Waals surface area (Å²) in [5.41, 5.74) is 5.81. The maximum Gasteiger partial charge on any atom is 0.305 e. The van der Waals surface area contributed by atoms with E-state index in [1.54, 1.807) is 23.5 Å². The molecule has 0 unspecified atom stereocenters. The number of hydrogen-bond donors (Lipinski definition) is 2. The first kappa shape index (κ1) is 26.6. The normalized spacial score (nSPS) is 10.9. The van der Waals surface area contributed by atoms with Gasteiger partial charge in [0.25, 0.3) is 5.91 Å². The number of aromatic nitrogens is 1. The van der Waals surface area contributed by atoms with E-state index in [1.165, 1.54) is 5.56 Å². The lowest BCUT2D eigenvalue weighted by atomic mass is 10.0. The maximum atomic E-state index is 12.3. The molecule has 0 aliphatic heterocycles. The molecule has 0 radical (unpaired) electrons. The number of nitrogens with zero attached hydrogens (tertiary/aromatic N) is 2. The van der Waals surface area contributed by atoms with Gasteiger partial charge < -0.3 is 15.3 Å². The highest BCUT2D eigenvalue weighted by Gasteiger charge is 2.16. The summed E-state index contributed by atoms with van der Waals surface area (Å²) in [4.78, 5) is 30.1. The highest BCUT2D eigenvalue weighted by Crippen LogP contribution is 2.34. The van der Waals surface area contributed by atoms with Crippen molar-refractivity contribution in [3.63, 3.8) is 0 Å². The monoisotopic (exact) mass is 577 g/mol. The summed E-state index contributed by atoms with van der Waals surface area (Å²) in [6.45, 7) is 5.03. The van der Waals surface area contributed by atoms with Crippen molar-refractivity contribution in [1.29, 1.82) is 0 Å². The van der Waals surface area contributed by atoms with Crippen molar-refractivity contribution in [3.8, 4) is 11.3 Å². The summed E-state index contributed by atoms with van der Waals surface area (Å²) >= 11 is 5.08. The van der Waals surface area contributed by atoms with Crippen molar-refractivity contribution in [2.45, 2.75) is 32.7 Å². The quantitative estimate of drug-likeness (QED) is 0.207. The second kappa shape index (κ2) is 12.2. The van der Waals surface area contributed by atoms with Gasteiger partial charge in [-0.05, 0) is 53.4 Å². The number of rotatable bonds is 10. The van der Waals surface area contributed by atoms with Gasteiger partial charge in [0.05, 0.1) is 18.7 Å². The fourth-order valence-corrected chi connectivity index (χ4v) is 4.90. The van der Waals surface area contributed by atoms with Gasteiger partial charge in [-0.25, -0.2) is 4.98 Å². The van der Waals surface area contributed by atoms with Crippen molar-refractivity contribution in [3.05, 3.63) is 99.3 Å². The zero-order valence-electron chi connectivity index (χ0n) is 20.6. The highest BCUT2D eigenvalue weighted by atomic mass is 79.9. The minimum absolute atomic E-state index is 0.0980. The molecule has 4 aromatic rings. The Morgan fingerprint density at radius 3 is 2.30 bits per heavy atom. The van der Waals surface area contributed by atoms with Gasteiger partial charge in [0, 0.05) is 33.2 Å². The van der Waals surface area contributed by atoms with Gasteiger partial charge in [-0.3, -0.25) is 9.59 Å². The van der Waals surface area contributed by atoms with Crippen LogP contribution in [-0.4, -0.2) is 28.5 Å². The predicted molar refractivity (Wildman–Crippen MR) is 153 cm³/mol. The molecular formula is C29H28BrN3O3S. The van der Waals surface area contributed by atoms with E-state index in [-0.39, 0.29) is 18.9 Å². The van der Waals surface area contributed by atoms with Crippen LogP contribution in [0.4, 0.5) is 10.8 Å². The lowest BCUT2D eigenvalue weighted by Gasteiger charge is -2.23. The van der Waals surface area contributed by atoms with Crippen LogP contribution in [0.1, 0.15) is 47.7 Å². The Hall–Kier alpha value is -3.49. The van der Waals surface area contributed by atoms with E-state index in [9.17, 15) is 9.59 Å². The number of carbonyl (C=O) groups excluding carboxylic acids is 1. The molecule has 2 N–H and O–H groups in total. The number of carboxylic acids is 1. The smallest absolute Gasteiger partial charge is 0.305 e. The molecule has 1 amide bonds. The fourth-order valence-electron chi connectivity index (χ4n) is 3.78. The van der Waals surface area contributed by atoms with Crippen LogP contribution in [0.2, 0.25) is 0 Å². The van der Waals surface area contributed by atoms with Crippen LogP contribution >= 0.6 is 27.3 Å². The number of thiazole rings is 1. The van der Waals surface area contributed by atoms with E-state index in [1.807, 2.05) is 36.4 Å². The zero-order chi connectivity index (χ0) is 26.4. The van der Waals surface area contributed by atoms with Crippen molar-refractivity contribution in [1.82, 2.24) is 10.3 Å². The first-order valence-electron chi connectivity index (χ1n) is 12.0. The molecule has 0 fully saturated rings. The average Bonchev–Trinajstić information content (AvgIpc) is 3.38. The second-order valence-corrected chi connectivity index (χ2v) is 10.7. The van der Waals surface area contributed by atoms with E-state index >= 15 is 0 Å². The predicted octanol–water partition coefficient (Wildman–Crippen LogP) is 7.24. The van der Waals surface area contributed by atoms with Gasteiger partial charge in [0.2, 0.25) is 0 Å². The summed E-state index contributed by atoms with van der Waals surface area (Å²) in [6.07, 6.45) is -0.107. The van der Waals surface area contributed by atoms with Crippen LogP contribution in [0.15, 0.2) is 82.6 Å². The van der Waals surface area contributed by atoms with Gasteiger partial charge in [0.15, 0.2) is 5.13 Å². The van der Waals surface area contributed by atoms with Crippen molar-refractivity contribution in [2.75, 3.05) is 11.4 Å². The van der Waals surface area contributed by atoms with Crippen molar-refractivity contribution < 1.29 is 14.7 Å². The minimum Gasteiger partial charge on any atom is -0.481 e. The standard InChI is InChI=1S/C29H28BrN3O3S/c1-19(2)21-9-13-25(14-10-21)33(29-32-26(18-37-29)22-7-11-24(30)12-8-22)17-20-3-5-23(6-4-20)28(36)31-16-15-27(34)35/h3-14,18-19H,15-17H2,1-2H3,(H,31,36)(H,34,35). The van der Waals surface area contributed by atoms with Crippen LogP contribution in [0, 0.1) is 0 Å². The second-order valence-electron chi connectivity index (χ2n) is 8.95. The molecular weight excluding hydrogens is 550 g/mol. The molecule has 0 aliphatic rings. The average molecular weight is 579 g/mol. The Balaban J connectivity index is 1.58. The van der Waals surface area contributed by atoms with Crippen LogP contribution in [-0.2, 0) is 11.3 Å². The first-order chi connectivity index (χ1) is 17.8. The van der Waals surface area contributed by atoms with Gasteiger partial charge in [-0.2, -0.15) is 0 Å². The molecule has 4 rings (SSSR count). The molecule has 0 saturated carbocycles. The third-order valence-electron chi connectivity index (χ3n) is 5.92. The number of benzene rings is 3. The number of carbonyl (C=O) groups is 2. The lowest BCUT2D eigenvalue weighted by Crippen LogP contribution is -2.26. The Bertz CT molecular complexity index is 1350. The van der Waals surface area contributed by atoms with E-state index in [2.05, 4.69) is 69.6 Å². The molecule has 0 spiro atoms. The fraction of sp³-hybridized carbons (Fsp3) is 0.207. The van der Waals surface area contributed by atoms with E-state index < -0.39 is 5.97 Å². The maximum absolute atomic E-state index is 12.3. The van der Waals surface area contributed by atoms with Crippen LogP contribution in [0.3, 0.4) is 0 Å². The molecule has 6 nitrogen and oxygen atoms in total. The van der Waals surface area contributed by atoms with Crippen LogP contribution in [0.25, 0.3) is 11.3 Å². The first-order valence-corrected chi connectivity index (χ1v) is 13.7. The molecule has 1 heterocycles. The Morgan fingerprint density at radius 2 is 1.68 bits per heavy atom. The number of anilines is 2. The lowest BCUT2D eigenvalue weighted by molar-refractivity contribution is -0.136. The number of aliphatic carboxylic acids is 1. The topological polar surface area (TPSA) is 82.5 Å². The summed E-state index contributed by atoms with van der Waals surface area (Å²) in [7, 11) is 0. The van der Waals surface area contributed by atoms with Crippen molar-refractivity contribution in [2.24, 2.45) is 0 Å². The Morgan fingerprint density at radius 1 is 1.00 bits per heavy atom. The Kier molecular flexibility index (Phi) is 8.74. The summed E-state index contributed by atoms with van der Waals surface area (Å²) < 4.78 is 1.03. The number of hydrogen-bond acceptors (Lipinski definition) is 5. The van der Waals surface area contributed by atoms with Crippen LogP contribution < -0.4 is 10.2 Å². The third-order valence-corrected chi connectivity index (χ3v) is 7.31. The molecule has 1 aromatic heterocycles. The largest absolute Gasteiger partial charge is 0.481 e. The molecule has 37 heavy (non-hydrogen) atoms. The number of halogens is 1. The van der Waals surface area contributed by atoms with E-state index in [4.69, 9.17) is 10.1 Å². The van der Waals surface area contributed by atoms with Gasteiger partial charge in [-0.1, -0.05) is 66.2 Å². The molecule has 3 aromatic carbocycles. The zero-order valence-corrected chi connectivity index (χ0v) is 23.1. The number of amides is 1. The Labute approximate surface area is 229 Å². The minimum atomic E-state index is -0.942. The van der Waals surface area contributed by atoms with E-state index in [0.29, 0.717) is 18.0 Å². The molecule has 0 aliphatic carbocycles.